The average Bonchev–Trinajstić information content (AvgIpc) is 3.24. The van der Waals surface area contributed by atoms with Crippen LogP contribution < -0.4 is 11.1 Å². The van der Waals surface area contributed by atoms with Gasteiger partial charge in [0.05, 0.1) is 17.9 Å². The number of aliphatic hydroxyl groups is 1. The number of carbonyl (C=O) groups excluding carboxylic acids is 3. The van der Waals surface area contributed by atoms with Crippen molar-refractivity contribution in [3.05, 3.63) is 12.7 Å². The lowest BCUT2D eigenvalue weighted by molar-refractivity contribution is -0.205. The zero-order valence-electron chi connectivity index (χ0n) is 25.7. The van der Waals surface area contributed by atoms with Gasteiger partial charge in [-0.3, -0.25) is 14.4 Å². The number of halogens is 1. The van der Waals surface area contributed by atoms with E-state index in [2.05, 4.69) is 32.7 Å². The van der Waals surface area contributed by atoms with Crippen LogP contribution in [-0.4, -0.2) is 58.1 Å². The molecular weight excluding hydrogens is 548 g/mol. The maximum absolute atomic E-state index is 13.5. The minimum atomic E-state index is -0.684. The van der Waals surface area contributed by atoms with Crippen LogP contribution in [0, 0.1) is 39.9 Å². The minimum Gasteiger partial charge on any atom is -0.461 e. The second-order valence-corrected chi connectivity index (χ2v) is 15.8. The van der Waals surface area contributed by atoms with E-state index in [1.165, 1.54) is 11.8 Å². The molecule has 0 saturated heterocycles. The van der Waals surface area contributed by atoms with Crippen LogP contribution in [0.2, 0.25) is 0 Å². The van der Waals surface area contributed by atoms with Gasteiger partial charge in [0.1, 0.15) is 11.9 Å². The van der Waals surface area contributed by atoms with Crippen LogP contribution in [0.5, 0.6) is 0 Å². The number of ketones is 1. The van der Waals surface area contributed by atoms with Gasteiger partial charge in [0.15, 0.2) is 0 Å². The summed E-state index contributed by atoms with van der Waals surface area (Å²) in [5.74, 6) is -0.243. The Morgan fingerprint density at radius 3 is 2.48 bits per heavy atom. The van der Waals surface area contributed by atoms with Crippen LogP contribution in [0.15, 0.2) is 12.7 Å². The van der Waals surface area contributed by atoms with E-state index < -0.39 is 33.8 Å². The molecule has 230 valence electrons. The Hall–Kier alpha value is -1.09. The summed E-state index contributed by atoms with van der Waals surface area (Å²) in [7, 11) is 0. The zero-order chi connectivity index (χ0) is 29.6. The second-order valence-electron chi connectivity index (χ2n) is 14.1. The van der Waals surface area contributed by atoms with Gasteiger partial charge in [0, 0.05) is 34.5 Å². The third-order valence-electron chi connectivity index (χ3n) is 10.9. The van der Waals surface area contributed by atoms with Crippen LogP contribution in [0.25, 0.3) is 0 Å². The van der Waals surface area contributed by atoms with Gasteiger partial charge in [0.25, 0.3) is 0 Å². The average molecular weight is 601 g/mol. The molecule has 7 nitrogen and oxygen atoms in total. The summed E-state index contributed by atoms with van der Waals surface area (Å²) >= 11 is 1.43. The summed E-state index contributed by atoms with van der Waals surface area (Å²) in [6.45, 7) is 20.7. The molecule has 0 radical (unpaired) electrons. The third kappa shape index (κ3) is 6.30. The Morgan fingerprint density at radius 2 is 1.90 bits per heavy atom. The molecule has 1 unspecified atom stereocenters. The summed E-state index contributed by atoms with van der Waals surface area (Å²) in [4.78, 5) is 39.2. The van der Waals surface area contributed by atoms with Gasteiger partial charge in [-0.2, -0.15) is 0 Å². The van der Waals surface area contributed by atoms with Crippen molar-refractivity contribution in [3.63, 3.8) is 0 Å². The van der Waals surface area contributed by atoms with Gasteiger partial charge in [0.2, 0.25) is 5.91 Å². The molecule has 0 heterocycles. The number of carbonyl (C=O) groups is 3. The number of aliphatic hydroxyl groups excluding tert-OH is 1. The summed E-state index contributed by atoms with van der Waals surface area (Å²) in [6.07, 6.45) is 4.17. The first kappa shape index (κ1) is 35.1. The van der Waals surface area contributed by atoms with E-state index in [4.69, 9.17) is 10.5 Å². The number of nitrogens with one attached hydrogen (secondary N) is 1. The van der Waals surface area contributed by atoms with E-state index in [0.717, 1.165) is 19.3 Å². The van der Waals surface area contributed by atoms with E-state index in [9.17, 15) is 19.5 Å². The Bertz CT molecular complexity index is 975. The molecule has 0 aliphatic heterocycles. The van der Waals surface area contributed by atoms with Gasteiger partial charge >= 0.3 is 5.97 Å². The van der Waals surface area contributed by atoms with E-state index in [1.54, 1.807) is 0 Å². The molecule has 4 N–H and O–H groups in total. The molecule has 3 aliphatic rings. The van der Waals surface area contributed by atoms with Crippen molar-refractivity contribution in [1.29, 1.82) is 0 Å². The molecule has 40 heavy (non-hydrogen) atoms. The zero-order valence-corrected chi connectivity index (χ0v) is 27.4. The normalized spacial score (nSPS) is 38.4. The molecule has 0 aromatic carbocycles. The topological polar surface area (TPSA) is 119 Å². The Morgan fingerprint density at radius 1 is 1.27 bits per heavy atom. The fourth-order valence-corrected chi connectivity index (χ4v) is 8.47. The Kier molecular flexibility index (Phi) is 11.1. The molecule has 3 fully saturated rings. The van der Waals surface area contributed by atoms with Gasteiger partial charge in [-0.05, 0) is 62.7 Å². The lowest BCUT2D eigenvalue weighted by atomic mass is 9.44. The highest BCUT2D eigenvalue weighted by Gasteiger charge is 2.68. The van der Waals surface area contributed by atoms with Crippen LogP contribution in [0.4, 0.5) is 0 Å². The van der Waals surface area contributed by atoms with Crippen LogP contribution in [0.3, 0.4) is 0 Å². The number of hydrogen-bond acceptors (Lipinski definition) is 7. The maximum atomic E-state index is 13.5. The predicted octanol–water partition coefficient (Wildman–Crippen LogP) is 4.93. The summed E-state index contributed by atoms with van der Waals surface area (Å²) < 4.78 is 5.92. The predicted molar refractivity (Wildman–Crippen MR) is 164 cm³/mol. The first-order valence-electron chi connectivity index (χ1n) is 14.7. The number of amides is 1. The van der Waals surface area contributed by atoms with Gasteiger partial charge in [-0.25, -0.2) is 0 Å². The van der Waals surface area contributed by atoms with E-state index >= 15 is 0 Å². The van der Waals surface area contributed by atoms with Crippen molar-refractivity contribution in [2.24, 2.45) is 45.7 Å². The molecule has 2 bridgehead atoms. The van der Waals surface area contributed by atoms with E-state index in [-0.39, 0.29) is 64.9 Å². The molecule has 3 aliphatic carbocycles. The van der Waals surface area contributed by atoms with Gasteiger partial charge in [-0.15, -0.1) is 30.7 Å². The van der Waals surface area contributed by atoms with Gasteiger partial charge in [-0.1, -0.05) is 47.6 Å². The molecule has 1 amide bonds. The Labute approximate surface area is 252 Å². The number of esters is 1. The molecule has 0 aromatic rings. The second kappa shape index (κ2) is 12.6. The number of rotatable bonds is 9. The van der Waals surface area contributed by atoms with E-state index in [1.807, 2.05) is 40.7 Å². The monoisotopic (exact) mass is 600 g/mol. The minimum absolute atomic E-state index is 0. The van der Waals surface area contributed by atoms with Crippen molar-refractivity contribution in [2.75, 3.05) is 12.3 Å². The quantitative estimate of drug-likeness (QED) is 0.254. The maximum Gasteiger partial charge on any atom is 0.316 e. The number of Topliss-reactive ketones (excluding diaryl/α,β-unsaturated/α-hetero) is 1. The van der Waals surface area contributed by atoms with Crippen molar-refractivity contribution in [3.8, 4) is 0 Å². The fraction of sp³-hybridized carbons (Fsp3) is 0.839. The van der Waals surface area contributed by atoms with Crippen molar-refractivity contribution >= 4 is 41.8 Å². The van der Waals surface area contributed by atoms with Crippen LogP contribution >= 0.6 is 24.2 Å². The highest BCUT2D eigenvalue weighted by atomic mass is 35.5. The van der Waals surface area contributed by atoms with Crippen LogP contribution in [0.1, 0.15) is 87.5 Å². The third-order valence-corrected chi connectivity index (χ3v) is 12.2. The molecule has 3 rings (SSSR count). The molecule has 9 heteroatoms. The summed E-state index contributed by atoms with van der Waals surface area (Å²) in [6, 6.07) is -0.573. The Balaban J connectivity index is 0.00000560. The lowest BCUT2D eigenvalue weighted by Gasteiger charge is -2.61. The van der Waals surface area contributed by atoms with Crippen molar-refractivity contribution in [2.45, 2.75) is 110 Å². The molecule has 9 atom stereocenters. The van der Waals surface area contributed by atoms with E-state index in [0.29, 0.717) is 19.4 Å². The smallest absolute Gasteiger partial charge is 0.316 e. The fourth-order valence-electron chi connectivity index (χ4n) is 7.72. The summed E-state index contributed by atoms with van der Waals surface area (Å²) in [5, 5.41) is 14.6. The number of thioether (sulfide) groups is 1. The lowest BCUT2D eigenvalue weighted by Crippen LogP contribution is -2.63. The SMILES string of the molecule is C=C[C@]1(C)C[C@@H](OC(=O)CSC(C)(C)CNC(=O)[C@H](N)C(C)C)[C@@]2(C)C3C(=O)CC[C@@]3(CC[C@H]2C)[C@@H](C)[C@@H]1O.Cl. The molecule has 0 spiro atoms. The molecule has 0 aromatic heterocycles. The number of ether oxygens (including phenoxy) is 1. The standard InChI is InChI=1S/C31H52N2O5S.ClH/c1-10-29(8)15-22(38-23(35)16-39-28(6,7)17-33-27(37)24(32)18(2)3)30(9)19(4)11-13-31(20(5)26(29)36)14-12-21(34)25(30)31;/h10,18-20,22,24-26,36H,1,11-17,32H2,2-9H3,(H,33,37);1H/t19-,20+,22-,24-,25?,26+,29-,30+,31+;/m1./s1. The van der Waals surface area contributed by atoms with Gasteiger partial charge < -0.3 is 20.9 Å². The highest BCUT2D eigenvalue weighted by Crippen LogP contribution is 2.68. The molecule has 3 saturated carbocycles. The molecular formula is C31H53ClN2O5S. The van der Waals surface area contributed by atoms with Crippen LogP contribution in [-0.2, 0) is 19.1 Å². The number of nitrogens with two attached hydrogens (primary N) is 1. The summed E-state index contributed by atoms with van der Waals surface area (Å²) in [5.41, 5.74) is 4.49. The van der Waals surface area contributed by atoms with Crippen molar-refractivity contribution < 1.29 is 24.2 Å². The first-order chi connectivity index (χ1) is 17.9. The first-order valence-corrected chi connectivity index (χ1v) is 15.6. The van der Waals surface area contributed by atoms with Crippen molar-refractivity contribution in [1.82, 2.24) is 5.32 Å². The largest absolute Gasteiger partial charge is 0.461 e. The highest BCUT2D eigenvalue weighted by molar-refractivity contribution is 8.01. The number of hydrogen-bond donors (Lipinski definition) is 3.